The number of thiophene rings is 1. The number of hydrogen-bond acceptors (Lipinski definition) is 6. The quantitative estimate of drug-likeness (QED) is 0.562. The Morgan fingerprint density at radius 1 is 1.16 bits per heavy atom. The van der Waals surface area contributed by atoms with Crippen LogP contribution in [-0.4, -0.2) is 15.0 Å². The largest absolute Gasteiger partial charge is 0.460 e. The van der Waals surface area contributed by atoms with E-state index in [4.69, 9.17) is 9.40 Å². The fourth-order valence-electron chi connectivity index (χ4n) is 2.53. The van der Waals surface area contributed by atoms with Crippen LogP contribution in [0.25, 0.3) is 22.6 Å². The Balaban J connectivity index is 1.68. The summed E-state index contributed by atoms with van der Waals surface area (Å²) in [4.78, 5) is 13.3. The molecular weight excluding hydrogens is 332 g/mol. The average molecular weight is 348 g/mol. The fourth-order valence-corrected chi connectivity index (χ4v) is 3.19. The highest BCUT2D eigenvalue weighted by Gasteiger charge is 2.15. The van der Waals surface area contributed by atoms with Crippen molar-refractivity contribution in [2.24, 2.45) is 0 Å². The molecule has 124 valence electrons. The molecule has 0 aliphatic heterocycles. The molecule has 4 aromatic rings. The molecule has 0 aliphatic carbocycles. The van der Waals surface area contributed by atoms with Crippen LogP contribution < -0.4 is 5.32 Å². The van der Waals surface area contributed by atoms with Gasteiger partial charge in [-0.3, -0.25) is 4.98 Å². The van der Waals surface area contributed by atoms with Crippen LogP contribution in [0.4, 0.5) is 5.95 Å². The lowest BCUT2D eigenvalue weighted by Gasteiger charge is -2.09. The predicted octanol–water partition coefficient (Wildman–Crippen LogP) is 4.78. The van der Waals surface area contributed by atoms with Gasteiger partial charge in [0.05, 0.1) is 0 Å². The minimum absolute atomic E-state index is 0.562. The maximum Gasteiger partial charge on any atom is 0.223 e. The van der Waals surface area contributed by atoms with Gasteiger partial charge >= 0.3 is 0 Å². The number of hydrogen-bond donors (Lipinski definition) is 1. The van der Waals surface area contributed by atoms with Crippen LogP contribution in [0.2, 0.25) is 0 Å². The first-order valence-electron chi connectivity index (χ1n) is 7.89. The third-order valence-corrected chi connectivity index (χ3v) is 4.45. The molecular formula is C19H16N4OS. The normalized spacial score (nSPS) is 10.8. The Labute approximate surface area is 149 Å². The first-order chi connectivity index (χ1) is 12.3. The van der Waals surface area contributed by atoms with E-state index < -0.39 is 0 Å². The molecule has 0 spiro atoms. The van der Waals surface area contributed by atoms with Crippen molar-refractivity contribution in [1.82, 2.24) is 15.0 Å². The standard InChI is InChI=1S/C19H16N4OS/c1-13-4-5-17(24-13)18-16(15-6-8-25-12-15)11-22-19(23-18)21-10-14-3-2-7-20-9-14/h2-9,11-12H,10H2,1H3,(H,21,22,23). The molecule has 0 saturated heterocycles. The summed E-state index contributed by atoms with van der Waals surface area (Å²) in [5, 5.41) is 7.38. The smallest absolute Gasteiger partial charge is 0.223 e. The van der Waals surface area contributed by atoms with Crippen LogP contribution in [0, 0.1) is 6.92 Å². The SMILES string of the molecule is Cc1ccc(-c2nc(NCc3cccnc3)ncc2-c2ccsc2)o1. The molecule has 5 nitrogen and oxygen atoms in total. The second-order valence-electron chi connectivity index (χ2n) is 5.59. The molecule has 0 radical (unpaired) electrons. The van der Waals surface area contributed by atoms with Crippen molar-refractivity contribution in [3.63, 3.8) is 0 Å². The van der Waals surface area contributed by atoms with E-state index in [-0.39, 0.29) is 0 Å². The number of aromatic nitrogens is 3. The van der Waals surface area contributed by atoms with Crippen molar-refractivity contribution < 1.29 is 4.42 Å². The highest BCUT2D eigenvalue weighted by atomic mass is 32.1. The van der Waals surface area contributed by atoms with Crippen LogP contribution in [0.1, 0.15) is 11.3 Å². The van der Waals surface area contributed by atoms with Gasteiger partial charge in [0.2, 0.25) is 5.95 Å². The molecule has 1 N–H and O–H groups in total. The molecule has 0 fully saturated rings. The zero-order valence-corrected chi connectivity index (χ0v) is 14.5. The monoisotopic (exact) mass is 348 g/mol. The topological polar surface area (TPSA) is 63.8 Å². The zero-order valence-electron chi connectivity index (χ0n) is 13.6. The van der Waals surface area contributed by atoms with Gasteiger partial charge < -0.3 is 9.73 Å². The molecule has 0 bridgehead atoms. The number of nitrogens with zero attached hydrogens (tertiary/aromatic N) is 3. The van der Waals surface area contributed by atoms with Crippen molar-refractivity contribution in [3.8, 4) is 22.6 Å². The third-order valence-electron chi connectivity index (χ3n) is 3.77. The summed E-state index contributed by atoms with van der Waals surface area (Å²) in [5.41, 5.74) is 3.91. The van der Waals surface area contributed by atoms with Crippen LogP contribution in [0.3, 0.4) is 0 Å². The second kappa shape index (κ2) is 6.86. The van der Waals surface area contributed by atoms with E-state index in [1.54, 1.807) is 17.5 Å². The van der Waals surface area contributed by atoms with Crippen molar-refractivity contribution in [2.75, 3.05) is 5.32 Å². The molecule has 4 rings (SSSR count). The van der Waals surface area contributed by atoms with E-state index in [0.29, 0.717) is 12.5 Å². The van der Waals surface area contributed by atoms with Crippen LogP contribution in [0.5, 0.6) is 0 Å². The number of rotatable bonds is 5. The van der Waals surface area contributed by atoms with Crippen molar-refractivity contribution in [3.05, 3.63) is 71.0 Å². The van der Waals surface area contributed by atoms with Crippen molar-refractivity contribution >= 4 is 17.3 Å². The molecule has 4 aromatic heterocycles. The van der Waals surface area contributed by atoms with E-state index in [2.05, 4.69) is 26.7 Å². The summed E-state index contributed by atoms with van der Waals surface area (Å²) in [6.07, 6.45) is 5.42. The molecule has 0 aromatic carbocycles. The zero-order chi connectivity index (χ0) is 17.1. The minimum Gasteiger partial charge on any atom is -0.460 e. The van der Waals surface area contributed by atoms with Crippen molar-refractivity contribution in [2.45, 2.75) is 13.5 Å². The van der Waals surface area contributed by atoms with Gasteiger partial charge in [0.25, 0.3) is 0 Å². The first kappa shape index (κ1) is 15.5. The summed E-state index contributed by atoms with van der Waals surface area (Å²) in [5.74, 6) is 2.16. The Kier molecular flexibility index (Phi) is 4.26. The number of nitrogens with one attached hydrogen (secondary N) is 1. The van der Waals surface area contributed by atoms with E-state index in [1.807, 2.05) is 49.0 Å². The molecule has 25 heavy (non-hydrogen) atoms. The van der Waals surface area contributed by atoms with Gasteiger partial charge in [-0.2, -0.15) is 11.3 Å². The van der Waals surface area contributed by atoms with E-state index in [9.17, 15) is 0 Å². The Bertz CT molecular complexity index is 964. The molecule has 6 heteroatoms. The lowest BCUT2D eigenvalue weighted by molar-refractivity contribution is 0.546. The molecule has 4 heterocycles. The summed E-state index contributed by atoms with van der Waals surface area (Å²) in [7, 11) is 0. The van der Waals surface area contributed by atoms with Gasteiger partial charge in [0.15, 0.2) is 5.76 Å². The Hall–Kier alpha value is -2.99. The van der Waals surface area contributed by atoms with Crippen LogP contribution in [-0.2, 0) is 6.54 Å². The summed E-state index contributed by atoms with van der Waals surface area (Å²) < 4.78 is 5.80. The lowest BCUT2D eigenvalue weighted by Crippen LogP contribution is -2.05. The Morgan fingerprint density at radius 2 is 2.12 bits per heavy atom. The highest BCUT2D eigenvalue weighted by molar-refractivity contribution is 7.08. The van der Waals surface area contributed by atoms with Crippen LogP contribution >= 0.6 is 11.3 Å². The number of furan rings is 1. The van der Waals surface area contributed by atoms with Gasteiger partial charge in [-0.25, -0.2) is 9.97 Å². The van der Waals surface area contributed by atoms with E-state index in [0.717, 1.165) is 33.9 Å². The third kappa shape index (κ3) is 3.44. The first-order valence-corrected chi connectivity index (χ1v) is 8.83. The second-order valence-corrected chi connectivity index (χ2v) is 6.37. The maximum atomic E-state index is 5.80. The van der Waals surface area contributed by atoms with Gasteiger partial charge in [0, 0.05) is 30.7 Å². The van der Waals surface area contributed by atoms with E-state index in [1.165, 1.54) is 0 Å². The molecule has 0 atom stereocenters. The molecule has 0 aliphatic rings. The molecule has 0 unspecified atom stereocenters. The van der Waals surface area contributed by atoms with E-state index >= 15 is 0 Å². The predicted molar refractivity (Wildman–Crippen MR) is 99.3 cm³/mol. The average Bonchev–Trinajstić information content (AvgIpc) is 3.32. The molecule has 0 saturated carbocycles. The highest BCUT2D eigenvalue weighted by Crippen LogP contribution is 2.33. The van der Waals surface area contributed by atoms with Gasteiger partial charge in [0.1, 0.15) is 11.5 Å². The minimum atomic E-state index is 0.562. The Morgan fingerprint density at radius 3 is 2.84 bits per heavy atom. The van der Waals surface area contributed by atoms with Crippen LogP contribution in [0.15, 0.2) is 64.1 Å². The summed E-state index contributed by atoms with van der Waals surface area (Å²) >= 11 is 1.65. The fraction of sp³-hybridized carbons (Fsp3) is 0.105. The maximum absolute atomic E-state index is 5.80. The number of anilines is 1. The van der Waals surface area contributed by atoms with Gasteiger partial charge in [-0.1, -0.05) is 6.07 Å². The number of aryl methyl sites for hydroxylation is 1. The summed E-state index contributed by atoms with van der Waals surface area (Å²) in [6.45, 7) is 2.54. The van der Waals surface area contributed by atoms with Crippen molar-refractivity contribution in [1.29, 1.82) is 0 Å². The number of pyridine rings is 1. The lowest BCUT2D eigenvalue weighted by atomic mass is 10.1. The van der Waals surface area contributed by atoms with Gasteiger partial charge in [-0.05, 0) is 53.1 Å². The van der Waals surface area contributed by atoms with Gasteiger partial charge in [-0.15, -0.1) is 0 Å². The summed E-state index contributed by atoms with van der Waals surface area (Å²) in [6, 6.07) is 9.87. The molecule has 0 amide bonds.